The van der Waals surface area contributed by atoms with Crippen molar-refractivity contribution in [2.75, 3.05) is 24.5 Å². The third kappa shape index (κ3) is 3.86. The standard InChI is InChI=1S/C27H25ClFN5O2/c1-32-8-9-34(27(32)36)24-3-2-16(10-22(24)28)20-12-19(29)13-21(26(20)35)17-4-7-31-25(11-17)33-14-18-5-6-30-23(18)15-33/h2-4,7-13,18,23,30,35H,5-6,14-15H2,1H3. The fourth-order valence-electron chi connectivity index (χ4n) is 5.35. The highest BCUT2D eigenvalue weighted by atomic mass is 35.5. The second-order valence-corrected chi connectivity index (χ2v) is 9.90. The summed E-state index contributed by atoms with van der Waals surface area (Å²) in [5, 5.41) is 15.1. The molecule has 0 spiro atoms. The van der Waals surface area contributed by atoms with Crippen LogP contribution < -0.4 is 15.9 Å². The maximum atomic E-state index is 14.8. The van der Waals surface area contributed by atoms with Gasteiger partial charge in [0, 0.05) is 55.9 Å². The molecule has 2 aliphatic rings. The van der Waals surface area contributed by atoms with Gasteiger partial charge in [0.25, 0.3) is 0 Å². The summed E-state index contributed by atoms with van der Waals surface area (Å²) in [6.07, 6.45) is 6.13. The number of phenols is 1. The maximum absolute atomic E-state index is 14.8. The van der Waals surface area contributed by atoms with E-state index in [2.05, 4.69) is 15.2 Å². The van der Waals surface area contributed by atoms with Crippen LogP contribution in [0.25, 0.3) is 27.9 Å². The Labute approximate surface area is 212 Å². The molecule has 0 radical (unpaired) electrons. The van der Waals surface area contributed by atoms with E-state index in [0.29, 0.717) is 44.9 Å². The van der Waals surface area contributed by atoms with Gasteiger partial charge in [-0.3, -0.25) is 4.57 Å². The number of aryl methyl sites for hydroxylation is 1. The quantitative estimate of drug-likeness (QED) is 0.435. The molecule has 0 saturated carbocycles. The zero-order valence-corrected chi connectivity index (χ0v) is 20.4. The van der Waals surface area contributed by atoms with E-state index in [9.17, 15) is 14.3 Å². The number of aromatic hydroxyl groups is 1. The van der Waals surface area contributed by atoms with Crippen molar-refractivity contribution in [3.05, 3.63) is 82.4 Å². The molecule has 0 bridgehead atoms. The molecule has 36 heavy (non-hydrogen) atoms. The average molecular weight is 506 g/mol. The van der Waals surface area contributed by atoms with Gasteiger partial charge >= 0.3 is 5.69 Å². The van der Waals surface area contributed by atoms with Crippen molar-refractivity contribution in [1.82, 2.24) is 19.4 Å². The Balaban J connectivity index is 1.36. The number of benzene rings is 2. The number of fused-ring (bicyclic) bond motifs is 1. The Morgan fingerprint density at radius 2 is 1.86 bits per heavy atom. The Morgan fingerprint density at radius 1 is 1.08 bits per heavy atom. The van der Waals surface area contributed by atoms with Gasteiger partial charge in [0.2, 0.25) is 0 Å². The molecule has 2 aliphatic heterocycles. The number of nitrogens with zero attached hydrogens (tertiary/aromatic N) is 4. The van der Waals surface area contributed by atoms with Gasteiger partial charge in [-0.1, -0.05) is 17.7 Å². The van der Waals surface area contributed by atoms with Crippen molar-refractivity contribution in [1.29, 1.82) is 0 Å². The van der Waals surface area contributed by atoms with E-state index in [1.54, 1.807) is 49.9 Å². The Kier molecular flexibility index (Phi) is 5.58. The molecule has 2 unspecified atom stereocenters. The molecule has 4 heterocycles. The molecule has 0 amide bonds. The third-order valence-electron chi connectivity index (χ3n) is 7.28. The summed E-state index contributed by atoms with van der Waals surface area (Å²) in [4.78, 5) is 19.1. The van der Waals surface area contributed by atoms with Crippen molar-refractivity contribution in [3.63, 3.8) is 0 Å². The summed E-state index contributed by atoms with van der Waals surface area (Å²) in [6, 6.07) is 11.8. The molecule has 2 aromatic heterocycles. The molecule has 2 N–H and O–H groups in total. The molecule has 9 heteroatoms. The normalized spacial score (nSPS) is 19.1. The van der Waals surface area contributed by atoms with Crippen LogP contribution in [0.1, 0.15) is 6.42 Å². The number of aromatic nitrogens is 3. The van der Waals surface area contributed by atoms with Gasteiger partial charge in [-0.2, -0.15) is 0 Å². The minimum atomic E-state index is -0.476. The predicted molar refractivity (Wildman–Crippen MR) is 138 cm³/mol. The van der Waals surface area contributed by atoms with Gasteiger partial charge in [0.15, 0.2) is 0 Å². The van der Waals surface area contributed by atoms with Gasteiger partial charge in [-0.05, 0) is 66.4 Å². The second-order valence-electron chi connectivity index (χ2n) is 9.49. The predicted octanol–water partition coefficient (Wildman–Crippen LogP) is 4.20. The zero-order chi connectivity index (χ0) is 25.0. The van der Waals surface area contributed by atoms with E-state index in [0.717, 1.165) is 31.9 Å². The summed E-state index contributed by atoms with van der Waals surface area (Å²) in [6.45, 7) is 2.88. The van der Waals surface area contributed by atoms with Gasteiger partial charge in [-0.15, -0.1) is 0 Å². The monoisotopic (exact) mass is 505 g/mol. The van der Waals surface area contributed by atoms with Crippen LogP contribution in [0.3, 0.4) is 0 Å². The molecule has 4 aromatic rings. The summed E-state index contributed by atoms with van der Waals surface area (Å²) < 4.78 is 17.7. The minimum absolute atomic E-state index is 0.0470. The van der Waals surface area contributed by atoms with Crippen LogP contribution in [0, 0.1) is 11.7 Å². The van der Waals surface area contributed by atoms with Crippen LogP contribution in [0.15, 0.2) is 65.8 Å². The van der Waals surface area contributed by atoms with Crippen LogP contribution >= 0.6 is 11.6 Å². The van der Waals surface area contributed by atoms with E-state index in [-0.39, 0.29) is 11.4 Å². The first-order valence-electron chi connectivity index (χ1n) is 11.9. The van der Waals surface area contributed by atoms with Gasteiger partial charge in [0.1, 0.15) is 17.4 Å². The first-order valence-corrected chi connectivity index (χ1v) is 12.3. The lowest BCUT2D eigenvalue weighted by molar-refractivity contribution is 0.477. The first kappa shape index (κ1) is 22.8. The Bertz CT molecular complexity index is 1520. The van der Waals surface area contributed by atoms with Crippen molar-refractivity contribution in [2.24, 2.45) is 13.0 Å². The lowest BCUT2D eigenvalue weighted by atomic mass is 9.97. The molecule has 2 fully saturated rings. The third-order valence-corrected chi connectivity index (χ3v) is 7.59. The number of pyridine rings is 1. The smallest absolute Gasteiger partial charge is 0.332 e. The average Bonchev–Trinajstić information content (AvgIpc) is 3.57. The summed E-state index contributed by atoms with van der Waals surface area (Å²) in [5.41, 5.74) is 2.19. The van der Waals surface area contributed by atoms with Crippen LogP contribution in [-0.4, -0.2) is 44.9 Å². The van der Waals surface area contributed by atoms with Crippen molar-refractivity contribution in [3.8, 4) is 33.7 Å². The van der Waals surface area contributed by atoms with Crippen LogP contribution in [0.2, 0.25) is 5.02 Å². The van der Waals surface area contributed by atoms with E-state index < -0.39 is 5.82 Å². The molecule has 2 atom stereocenters. The fourth-order valence-corrected chi connectivity index (χ4v) is 5.62. The van der Waals surface area contributed by atoms with Crippen molar-refractivity contribution in [2.45, 2.75) is 12.5 Å². The molecule has 2 aromatic carbocycles. The lowest BCUT2D eigenvalue weighted by Crippen LogP contribution is -2.30. The van der Waals surface area contributed by atoms with Crippen LogP contribution in [0.5, 0.6) is 5.75 Å². The minimum Gasteiger partial charge on any atom is -0.507 e. The van der Waals surface area contributed by atoms with Gasteiger partial charge < -0.3 is 19.9 Å². The molecule has 6 rings (SSSR count). The molecular formula is C27H25ClFN5O2. The first-order chi connectivity index (χ1) is 17.4. The Hall–Kier alpha value is -3.62. The van der Waals surface area contributed by atoms with E-state index >= 15 is 0 Å². The Morgan fingerprint density at radius 3 is 2.56 bits per heavy atom. The number of phenolic OH excluding ortho intramolecular Hbond substituents is 1. The van der Waals surface area contributed by atoms with Crippen LogP contribution in [0.4, 0.5) is 10.2 Å². The maximum Gasteiger partial charge on any atom is 0.332 e. The zero-order valence-electron chi connectivity index (χ0n) is 19.7. The number of rotatable bonds is 4. The molecule has 2 saturated heterocycles. The molecule has 7 nitrogen and oxygen atoms in total. The summed E-state index contributed by atoms with van der Waals surface area (Å²) in [7, 11) is 1.66. The van der Waals surface area contributed by atoms with Crippen LogP contribution in [-0.2, 0) is 7.05 Å². The van der Waals surface area contributed by atoms with E-state index in [1.807, 2.05) is 6.07 Å². The number of hydrogen-bond donors (Lipinski definition) is 2. The number of imidazole rings is 1. The van der Waals surface area contributed by atoms with E-state index in [4.69, 9.17) is 11.6 Å². The lowest BCUT2D eigenvalue weighted by Gasteiger charge is -2.19. The summed E-state index contributed by atoms with van der Waals surface area (Å²) in [5.74, 6) is 0.906. The highest BCUT2D eigenvalue weighted by Crippen LogP contribution is 2.41. The van der Waals surface area contributed by atoms with Crippen molar-refractivity contribution >= 4 is 17.4 Å². The highest BCUT2D eigenvalue weighted by molar-refractivity contribution is 6.32. The molecule has 184 valence electrons. The number of anilines is 1. The number of halogens is 2. The highest BCUT2D eigenvalue weighted by Gasteiger charge is 2.36. The number of nitrogens with one attached hydrogen (secondary N) is 1. The fraction of sp³-hybridized carbons (Fsp3) is 0.259. The molecular weight excluding hydrogens is 481 g/mol. The second kappa shape index (κ2) is 8.80. The summed E-state index contributed by atoms with van der Waals surface area (Å²) >= 11 is 6.51. The van der Waals surface area contributed by atoms with Gasteiger partial charge in [-0.25, -0.2) is 14.2 Å². The van der Waals surface area contributed by atoms with E-state index in [1.165, 1.54) is 21.3 Å². The largest absolute Gasteiger partial charge is 0.507 e. The molecule has 0 aliphatic carbocycles. The number of hydrogen-bond acceptors (Lipinski definition) is 5. The topological polar surface area (TPSA) is 75.3 Å². The van der Waals surface area contributed by atoms with Gasteiger partial charge in [0.05, 0.1) is 10.7 Å². The SMILES string of the molecule is Cn1ccn(-c2ccc(-c3cc(F)cc(-c4ccnc(N5CC6CCNC6C5)c4)c3O)cc2Cl)c1=O. The van der Waals surface area contributed by atoms with Crippen molar-refractivity contribution < 1.29 is 9.50 Å².